The van der Waals surface area contributed by atoms with Crippen LogP contribution >= 0.6 is 0 Å². The van der Waals surface area contributed by atoms with Crippen molar-refractivity contribution in [2.75, 3.05) is 31.6 Å². The van der Waals surface area contributed by atoms with Gasteiger partial charge in [0.05, 0.1) is 32.2 Å². The standard InChI is InChI=1S/C21H22N2O6/c1-13-7-17(9-20(25)28-13)29-18-11-22(12-18)21(26)14-8-19(24)23(10-14)15-3-5-16(27-2)6-4-15/h3-7,9,14,18H,8,10-12H2,1-2H3/t14-/m0/s1. The normalized spacial score (nSPS) is 19.2. The van der Waals surface area contributed by atoms with Crippen LogP contribution in [-0.2, 0) is 9.59 Å². The molecule has 4 rings (SSSR count). The highest BCUT2D eigenvalue weighted by molar-refractivity contribution is 6.00. The van der Waals surface area contributed by atoms with Crippen molar-refractivity contribution in [2.45, 2.75) is 19.4 Å². The van der Waals surface area contributed by atoms with Crippen molar-refractivity contribution in [3.8, 4) is 11.5 Å². The minimum absolute atomic E-state index is 0.0435. The van der Waals surface area contributed by atoms with E-state index in [1.165, 1.54) is 6.07 Å². The minimum atomic E-state index is -0.463. The summed E-state index contributed by atoms with van der Waals surface area (Å²) in [5.41, 5.74) is 0.296. The van der Waals surface area contributed by atoms with Crippen LogP contribution in [0.25, 0.3) is 0 Å². The third kappa shape index (κ3) is 3.96. The molecule has 0 saturated carbocycles. The molecule has 1 aromatic heterocycles. The molecule has 2 aliphatic heterocycles. The Hall–Kier alpha value is -3.29. The SMILES string of the molecule is COc1ccc(N2C[C@@H](C(=O)N3CC(Oc4cc(C)oc(=O)c4)C3)CC2=O)cc1. The number of methoxy groups -OCH3 is 1. The smallest absolute Gasteiger partial charge is 0.339 e. The van der Waals surface area contributed by atoms with Gasteiger partial charge in [0.15, 0.2) is 0 Å². The van der Waals surface area contributed by atoms with E-state index in [9.17, 15) is 14.4 Å². The summed E-state index contributed by atoms with van der Waals surface area (Å²) in [5.74, 6) is 1.16. The van der Waals surface area contributed by atoms with Gasteiger partial charge < -0.3 is 23.7 Å². The molecule has 0 bridgehead atoms. The van der Waals surface area contributed by atoms with Crippen LogP contribution in [0.4, 0.5) is 5.69 Å². The summed E-state index contributed by atoms with van der Waals surface area (Å²) in [7, 11) is 1.59. The highest BCUT2D eigenvalue weighted by Gasteiger charge is 2.41. The molecule has 0 spiro atoms. The zero-order valence-electron chi connectivity index (χ0n) is 16.3. The summed E-state index contributed by atoms with van der Waals surface area (Å²) < 4.78 is 15.8. The van der Waals surface area contributed by atoms with Crippen LogP contribution in [0.1, 0.15) is 12.2 Å². The summed E-state index contributed by atoms with van der Waals surface area (Å²) in [5, 5.41) is 0. The molecule has 3 heterocycles. The second-order valence-electron chi connectivity index (χ2n) is 7.31. The predicted molar refractivity (Wildman–Crippen MR) is 104 cm³/mol. The fourth-order valence-corrected chi connectivity index (χ4v) is 3.67. The van der Waals surface area contributed by atoms with Crippen molar-refractivity contribution in [1.82, 2.24) is 4.90 Å². The molecule has 29 heavy (non-hydrogen) atoms. The van der Waals surface area contributed by atoms with E-state index >= 15 is 0 Å². The van der Waals surface area contributed by atoms with Gasteiger partial charge >= 0.3 is 5.63 Å². The number of hydrogen-bond donors (Lipinski definition) is 0. The highest BCUT2D eigenvalue weighted by atomic mass is 16.5. The quantitative estimate of drug-likeness (QED) is 0.760. The molecule has 8 nitrogen and oxygen atoms in total. The maximum Gasteiger partial charge on any atom is 0.339 e. The topological polar surface area (TPSA) is 89.3 Å². The number of amides is 2. The molecule has 2 aromatic rings. The lowest BCUT2D eigenvalue weighted by Gasteiger charge is -2.40. The number of carbonyl (C=O) groups excluding carboxylic acids is 2. The van der Waals surface area contributed by atoms with E-state index < -0.39 is 5.63 Å². The number of ether oxygens (including phenoxy) is 2. The zero-order chi connectivity index (χ0) is 20.5. The molecule has 0 unspecified atom stereocenters. The summed E-state index contributed by atoms with van der Waals surface area (Å²) >= 11 is 0. The second-order valence-corrected chi connectivity index (χ2v) is 7.31. The van der Waals surface area contributed by atoms with E-state index in [-0.39, 0.29) is 30.3 Å². The van der Waals surface area contributed by atoms with Gasteiger partial charge in [-0.25, -0.2) is 4.79 Å². The van der Waals surface area contributed by atoms with Gasteiger partial charge in [-0.15, -0.1) is 0 Å². The first-order chi connectivity index (χ1) is 13.9. The van der Waals surface area contributed by atoms with Gasteiger partial charge in [0.1, 0.15) is 23.4 Å². The predicted octanol–water partition coefficient (Wildman–Crippen LogP) is 1.60. The molecule has 1 atom stereocenters. The second kappa shape index (κ2) is 7.62. The van der Waals surface area contributed by atoms with E-state index in [0.29, 0.717) is 36.9 Å². The van der Waals surface area contributed by atoms with Crippen molar-refractivity contribution < 1.29 is 23.5 Å². The lowest BCUT2D eigenvalue weighted by atomic mass is 10.0. The monoisotopic (exact) mass is 398 g/mol. The summed E-state index contributed by atoms with van der Waals surface area (Å²) in [6.45, 7) is 2.91. The number of likely N-dealkylation sites (tertiary alicyclic amines) is 1. The Morgan fingerprint density at radius 1 is 1.07 bits per heavy atom. The molecular weight excluding hydrogens is 376 g/mol. The largest absolute Gasteiger partial charge is 0.497 e. The van der Waals surface area contributed by atoms with Crippen molar-refractivity contribution in [3.63, 3.8) is 0 Å². The van der Waals surface area contributed by atoms with Gasteiger partial charge in [-0.05, 0) is 31.2 Å². The van der Waals surface area contributed by atoms with E-state index in [4.69, 9.17) is 13.9 Å². The number of benzene rings is 1. The van der Waals surface area contributed by atoms with Gasteiger partial charge in [-0.2, -0.15) is 0 Å². The third-order valence-electron chi connectivity index (χ3n) is 5.19. The third-order valence-corrected chi connectivity index (χ3v) is 5.19. The molecule has 2 amide bonds. The Labute approximate surface area is 167 Å². The minimum Gasteiger partial charge on any atom is -0.497 e. The molecule has 2 fully saturated rings. The van der Waals surface area contributed by atoms with Crippen LogP contribution in [0.3, 0.4) is 0 Å². The Morgan fingerprint density at radius 2 is 1.79 bits per heavy atom. The number of hydrogen-bond acceptors (Lipinski definition) is 6. The zero-order valence-corrected chi connectivity index (χ0v) is 16.3. The molecule has 2 aliphatic rings. The first-order valence-corrected chi connectivity index (χ1v) is 9.44. The number of rotatable bonds is 5. The maximum atomic E-state index is 12.8. The number of carbonyl (C=O) groups is 2. The molecular formula is C21H22N2O6. The fourth-order valence-electron chi connectivity index (χ4n) is 3.67. The lowest BCUT2D eigenvalue weighted by molar-refractivity contribution is -0.144. The van der Waals surface area contributed by atoms with Crippen LogP contribution in [0.5, 0.6) is 11.5 Å². The Balaban J connectivity index is 1.32. The summed E-state index contributed by atoms with van der Waals surface area (Å²) in [4.78, 5) is 39.9. The van der Waals surface area contributed by atoms with Crippen LogP contribution in [0, 0.1) is 12.8 Å². The van der Waals surface area contributed by atoms with Crippen molar-refractivity contribution in [2.24, 2.45) is 5.92 Å². The molecule has 0 aliphatic carbocycles. The van der Waals surface area contributed by atoms with Crippen LogP contribution in [0.15, 0.2) is 45.6 Å². The average Bonchev–Trinajstić information content (AvgIpc) is 3.05. The molecule has 1 aromatic carbocycles. The van der Waals surface area contributed by atoms with Crippen LogP contribution in [-0.4, -0.2) is 49.6 Å². The Morgan fingerprint density at radius 3 is 2.45 bits per heavy atom. The molecule has 8 heteroatoms. The first kappa shape index (κ1) is 19.0. The average molecular weight is 398 g/mol. The van der Waals surface area contributed by atoms with Crippen molar-refractivity contribution in [1.29, 1.82) is 0 Å². The van der Waals surface area contributed by atoms with E-state index in [1.54, 1.807) is 42.0 Å². The fraction of sp³-hybridized carbons (Fsp3) is 0.381. The van der Waals surface area contributed by atoms with E-state index in [0.717, 1.165) is 5.69 Å². The molecule has 2 saturated heterocycles. The van der Waals surface area contributed by atoms with Crippen LogP contribution in [0.2, 0.25) is 0 Å². The number of anilines is 1. The Bertz CT molecular complexity index is 977. The summed E-state index contributed by atoms with van der Waals surface area (Å²) in [6.07, 6.45) is 0.0289. The number of nitrogens with zero attached hydrogens (tertiary/aromatic N) is 2. The maximum absolute atomic E-state index is 12.8. The highest BCUT2D eigenvalue weighted by Crippen LogP contribution is 2.29. The number of aryl methyl sites for hydroxylation is 1. The Kier molecular flexibility index (Phi) is 5.00. The van der Waals surface area contributed by atoms with Gasteiger partial charge in [-0.3, -0.25) is 9.59 Å². The van der Waals surface area contributed by atoms with E-state index in [2.05, 4.69) is 0 Å². The molecule has 152 valence electrons. The molecule has 0 radical (unpaired) electrons. The lowest BCUT2D eigenvalue weighted by Crippen LogP contribution is -2.57. The van der Waals surface area contributed by atoms with E-state index in [1.807, 2.05) is 12.1 Å². The van der Waals surface area contributed by atoms with Gasteiger partial charge in [0, 0.05) is 24.7 Å². The van der Waals surface area contributed by atoms with Crippen LogP contribution < -0.4 is 20.0 Å². The van der Waals surface area contributed by atoms with Gasteiger partial charge in [0.2, 0.25) is 11.8 Å². The first-order valence-electron chi connectivity index (χ1n) is 9.44. The van der Waals surface area contributed by atoms with Crippen molar-refractivity contribution >= 4 is 17.5 Å². The molecule has 0 N–H and O–H groups in total. The van der Waals surface area contributed by atoms with Gasteiger partial charge in [0.25, 0.3) is 0 Å². The summed E-state index contributed by atoms with van der Waals surface area (Å²) in [6, 6.07) is 10.2. The van der Waals surface area contributed by atoms with Gasteiger partial charge in [-0.1, -0.05) is 0 Å². The van der Waals surface area contributed by atoms with Crippen molar-refractivity contribution in [3.05, 3.63) is 52.6 Å².